The molecule has 41 heavy (non-hydrogen) atoms. The Morgan fingerprint density at radius 3 is 2.24 bits per heavy atom. The number of aryl methyl sites for hydroxylation is 2. The largest absolute Gasteiger partial charge is 0.416 e. The van der Waals surface area contributed by atoms with Crippen LogP contribution in [-0.2, 0) is 13.2 Å². The van der Waals surface area contributed by atoms with E-state index in [2.05, 4.69) is 27.5 Å². The van der Waals surface area contributed by atoms with E-state index in [0.717, 1.165) is 23.8 Å². The number of nitrogens with one attached hydrogen (secondary N) is 2. The van der Waals surface area contributed by atoms with Crippen LogP contribution in [0.2, 0.25) is 0 Å². The lowest BCUT2D eigenvalue weighted by atomic mass is 9.97. The van der Waals surface area contributed by atoms with Gasteiger partial charge in [0.1, 0.15) is 0 Å². The molecule has 0 unspecified atom stereocenters. The standard InChI is InChI=1S/C29H20F6N4O2/c1-16-5-9-18(10-6-16)20-14-21(30)24(31)25(32)23(20)27(40)38-22-15-39(2)26(37-22)28(41)36-13-3-4-17-7-11-19(12-8-17)29(33,34)35/h5-12,14-15H,13H2,1-2H3,(H,36,41)(H,38,40). The third-order valence-corrected chi connectivity index (χ3v) is 5.86. The molecule has 3 aromatic carbocycles. The molecule has 1 aromatic heterocycles. The van der Waals surface area contributed by atoms with Crippen LogP contribution in [-0.4, -0.2) is 27.9 Å². The molecule has 0 fully saturated rings. The molecule has 0 aliphatic carbocycles. The predicted octanol–water partition coefficient (Wildman–Crippen LogP) is 5.87. The van der Waals surface area contributed by atoms with Crippen molar-refractivity contribution < 1.29 is 35.9 Å². The van der Waals surface area contributed by atoms with Gasteiger partial charge in [0.15, 0.2) is 23.3 Å². The zero-order valence-electron chi connectivity index (χ0n) is 21.5. The van der Waals surface area contributed by atoms with Gasteiger partial charge in [-0.1, -0.05) is 41.7 Å². The van der Waals surface area contributed by atoms with E-state index in [9.17, 15) is 35.9 Å². The molecule has 2 amide bonds. The molecule has 0 saturated carbocycles. The molecule has 2 N–H and O–H groups in total. The Hall–Kier alpha value is -5.05. The van der Waals surface area contributed by atoms with Gasteiger partial charge in [-0.05, 0) is 42.8 Å². The topological polar surface area (TPSA) is 76.0 Å². The minimum absolute atomic E-state index is 0.166. The van der Waals surface area contributed by atoms with Crippen molar-refractivity contribution in [3.63, 3.8) is 0 Å². The lowest BCUT2D eigenvalue weighted by Gasteiger charge is -2.12. The molecule has 0 atom stereocenters. The van der Waals surface area contributed by atoms with Gasteiger partial charge in [-0.15, -0.1) is 0 Å². The van der Waals surface area contributed by atoms with Crippen LogP contribution in [0.5, 0.6) is 0 Å². The monoisotopic (exact) mass is 570 g/mol. The summed E-state index contributed by atoms with van der Waals surface area (Å²) < 4.78 is 82.2. The second kappa shape index (κ2) is 11.6. The number of carbonyl (C=O) groups is 2. The van der Waals surface area contributed by atoms with Crippen molar-refractivity contribution in [2.75, 3.05) is 11.9 Å². The van der Waals surface area contributed by atoms with Gasteiger partial charge in [0.05, 0.1) is 17.7 Å². The van der Waals surface area contributed by atoms with Crippen molar-refractivity contribution in [1.82, 2.24) is 14.9 Å². The first-order valence-electron chi connectivity index (χ1n) is 11.9. The van der Waals surface area contributed by atoms with E-state index in [-0.39, 0.29) is 29.3 Å². The highest BCUT2D eigenvalue weighted by Crippen LogP contribution is 2.31. The van der Waals surface area contributed by atoms with E-state index >= 15 is 0 Å². The van der Waals surface area contributed by atoms with Crippen molar-refractivity contribution >= 4 is 17.6 Å². The first-order chi connectivity index (χ1) is 19.3. The first-order valence-corrected chi connectivity index (χ1v) is 11.9. The third kappa shape index (κ3) is 6.58. The number of alkyl halides is 3. The molecule has 4 rings (SSSR count). The summed E-state index contributed by atoms with van der Waals surface area (Å²) in [6.45, 7) is 1.62. The Bertz CT molecular complexity index is 1680. The predicted molar refractivity (Wildman–Crippen MR) is 138 cm³/mol. The first kappa shape index (κ1) is 28.9. The van der Waals surface area contributed by atoms with Crippen molar-refractivity contribution in [3.8, 4) is 23.0 Å². The molecule has 12 heteroatoms. The van der Waals surface area contributed by atoms with Crippen LogP contribution in [0.1, 0.15) is 37.7 Å². The highest BCUT2D eigenvalue weighted by atomic mass is 19.4. The van der Waals surface area contributed by atoms with Crippen LogP contribution in [0.25, 0.3) is 11.1 Å². The highest BCUT2D eigenvalue weighted by Gasteiger charge is 2.30. The van der Waals surface area contributed by atoms with E-state index < -0.39 is 46.6 Å². The summed E-state index contributed by atoms with van der Waals surface area (Å²) in [7, 11) is 1.45. The average Bonchev–Trinajstić information content (AvgIpc) is 3.29. The summed E-state index contributed by atoms with van der Waals surface area (Å²) in [5.41, 5.74) is -0.302. The Kier molecular flexibility index (Phi) is 8.18. The van der Waals surface area contributed by atoms with Crippen molar-refractivity contribution in [2.45, 2.75) is 13.1 Å². The maximum Gasteiger partial charge on any atom is 0.416 e. The number of anilines is 1. The minimum atomic E-state index is -4.47. The van der Waals surface area contributed by atoms with Gasteiger partial charge in [0, 0.05) is 24.4 Å². The number of rotatable bonds is 5. The van der Waals surface area contributed by atoms with Crippen LogP contribution in [0.15, 0.2) is 60.8 Å². The van der Waals surface area contributed by atoms with E-state index in [4.69, 9.17) is 0 Å². The molecule has 0 spiro atoms. The molecular formula is C29H20F6N4O2. The molecule has 6 nitrogen and oxygen atoms in total. The number of hydrogen-bond acceptors (Lipinski definition) is 3. The van der Waals surface area contributed by atoms with E-state index in [0.29, 0.717) is 5.56 Å². The smallest absolute Gasteiger partial charge is 0.338 e. The van der Waals surface area contributed by atoms with Gasteiger partial charge >= 0.3 is 6.18 Å². The lowest BCUT2D eigenvalue weighted by molar-refractivity contribution is -0.137. The Labute approximate surface area is 230 Å². The van der Waals surface area contributed by atoms with Crippen LogP contribution in [0.3, 0.4) is 0 Å². The van der Waals surface area contributed by atoms with Gasteiger partial charge in [-0.2, -0.15) is 13.2 Å². The fraction of sp³-hybridized carbons (Fsp3) is 0.138. The summed E-state index contributed by atoms with van der Waals surface area (Å²) in [6.07, 6.45) is -3.21. The van der Waals surface area contributed by atoms with Crippen molar-refractivity contribution in [1.29, 1.82) is 0 Å². The zero-order chi connectivity index (χ0) is 29.9. The van der Waals surface area contributed by atoms with Gasteiger partial charge in [-0.25, -0.2) is 18.2 Å². The van der Waals surface area contributed by atoms with E-state index in [1.165, 1.54) is 42.1 Å². The summed E-state index contributed by atoms with van der Waals surface area (Å²) in [5, 5.41) is 4.76. The number of imidazole rings is 1. The maximum absolute atomic E-state index is 14.8. The van der Waals surface area contributed by atoms with Crippen molar-refractivity contribution in [2.24, 2.45) is 7.05 Å². The average molecular weight is 570 g/mol. The van der Waals surface area contributed by atoms with Gasteiger partial charge in [-0.3, -0.25) is 9.59 Å². The Morgan fingerprint density at radius 1 is 0.951 bits per heavy atom. The van der Waals surface area contributed by atoms with Crippen LogP contribution in [0.4, 0.5) is 32.2 Å². The number of aromatic nitrogens is 2. The lowest BCUT2D eigenvalue weighted by Crippen LogP contribution is -2.26. The second-order valence-corrected chi connectivity index (χ2v) is 8.85. The summed E-state index contributed by atoms with van der Waals surface area (Å²) >= 11 is 0. The fourth-order valence-electron chi connectivity index (χ4n) is 3.79. The Balaban J connectivity index is 1.47. The Morgan fingerprint density at radius 2 is 1.61 bits per heavy atom. The molecule has 0 bridgehead atoms. The normalized spacial score (nSPS) is 11.0. The van der Waals surface area contributed by atoms with Crippen LogP contribution in [0, 0.1) is 36.2 Å². The molecule has 0 aliphatic rings. The van der Waals surface area contributed by atoms with Crippen LogP contribution >= 0.6 is 0 Å². The molecule has 1 heterocycles. The fourth-order valence-corrected chi connectivity index (χ4v) is 3.79. The van der Waals surface area contributed by atoms with E-state index in [1.54, 1.807) is 19.1 Å². The zero-order valence-corrected chi connectivity index (χ0v) is 21.5. The quantitative estimate of drug-likeness (QED) is 0.179. The highest BCUT2D eigenvalue weighted by molar-refractivity contribution is 6.08. The molecular weight excluding hydrogens is 550 g/mol. The number of halogens is 6. The summed E-state index contributed by atoms with van der Waals surface area (Å²) in [4.78, 5) is 29.6. The summed E-state index contributed by atoms with van der Waals surface area (Å²) in [5.74, 6) is -1.89. The van der Waals surface area contributed by atoms with Crippen LogP contribution < -0.4 is 10.6 Å². The SMILES string of the molecule is Cc1ccc(-c2cc(F)c(F)c(F)c2C(=O)Nc2cn(C)c(C(=O)NCC#Cc3ccc(C(F)(F)F)cc3)n2)cc1. The number of carbonyl (C=O) groups excluding carboxylic acids is 2. The summed E-state index contributed by atoms with van der Waals surface area (Å²) in [6, 6.07) is 11.3. The third-order valence-electron chi connectivity index (χ3n) is 5.86. The van der Waals surface area contributed by atoms with Gasteiger partial charge in [0.25, 0.3) is 11.8 Å². The maximum atomic E-state index is 14.8. The molecule has 0 radical (unpaired) electrons. The number of nitrogens with zero attached hydrogens (tertiary/aromatic N) is 2. The molecule has 210 valence electrons. The minimum Gasteiger partial charge on any atom is -0.338 e. The number of hydrogen-bond donors (Lipinski definition) is 2. The number of benzene rings is 3. The second-order valence-electron chi connectivity index (χ2n) is 8.85. The molecule has 0 aliphatic heterocycles. The molecule has 4 aromatic rings. The van der Waals surface area contributed by atoms with Gasteiger partial charge in [0.2, 0.25) is 5.82 Å². The van der Waals surface area contributed by atoms with Crippen molar-refractivity contribution in [3.05, 3.63) is 106 Å². The van der Waals surface area contributed by atoms with E-state index in [1.807, 2.05) is 0 Å². The van der Waals surface area contributed by atoms with Gasteiger partial charge < -0.3 is 15.2 Å². The number of amides is 2. The molecule has 0 saturated heterocycles.